The topological polar surface area (TPSA) is 94.5 Å². The minimum absolute atomic E-state index is 0.0601. The van der Waals surface area contributed by atoms with Gasteiger partial charge in [-0.05, 0) is 40.8 Å². The number of nitrogens with zero attached hydrogens (tertiary/aromatic N) is 3. The van der Waals surface area contributed by atoms with E-state index in [9.17, 15) is 4.79 Å². The molecule has 1 aliphatic rings. The number of oxazole rings is 1. The number of morpholine rings is 1. The Bertz CT molecular complexity index is 1190. The highest BCUT2D eigenvalue weighted by molar-refractivity contribution is 5.97. The number of rotatable bonds is 2. The highest BCUT2D eigenvalue weighted by Gasteiger charge is 2.19. The maximum atomic E-state index is 12.7. The average Bonchev–Trinajstić information content (AvgIpc) is 3.12. The van der Waals surface area contributed by atoms with E-state index in [-0.39, 0.29) is 11.9 Å². The first kappa shape index (κ1) is 16.7. The van der Waals surface area contributed by atoms with Crippen molar-refractivity contribution < 1.29 is 13.9 Å². The zero-order valence-corrected chi connectivity index (χ0v) is 15.1. The van der Waals surface area contributed by atoms with Crippen LogP contribution in [0, 0.1) is 0 Å². The molecule has 1 saturated heterocycles. The fourth-order valence-electron chi connectivity index (χ4n) is 3.49. The molecule has 4 aromatic rings. The van der Waals surface area contributed by atoms with Crippen LogP contribution in [-0.2, 0) is 4.74 Å². The number of aromatic nitrogens is 2. The van der Waals surface area contributed by atoms with Crippen LogP contribution in [0.4, 0.5) is 6.01 Å². The van der Waals surface area contributed by atoms with E-state index < -0.39 is 0 Å². The standard InChI is InChI=1S/C21H18N4O3/c22-21-24-17-10-14(3-4-19(17)28-21)13-1-2-15-12-23-18(11-16(15)9-13)20(26)25-5-7-27-8-6-25/h1-4,9-12H,5-8H2,(H2,22,24). The van der Waals surface area contributed by atoms with E-state index in [2.05, 4.69) is 16.0 Å². The predicted molar refractivity (Wildman–Crippen MR) is 106 cm³/mol. The maximum absolute atomic E-state index is 12.7. The fourth-order valence-corrected chi connectivity index (χ4v) is 3.49. The van der Waals surface area contributed by atoms with Crippen LogP contribution in [-0.4, -0.2) is 47.1 Å². The van der Waals surface area contributed by atoms with Crippen molar-refractivity contribution >= 4 is 33.8 Å². The molecule has 0 radical (unpaired) electrons. The largest absolute Gasteiger partial charge is 0.424 e. The molecule has 1 fully saturated rings. The van der Waals surface area contributed by atoms with E-state index in [0.29, 0.717) is 43.1 Å². The minimum atomic E-state index is -0.0601. The lowest BCUT2D eigenvalue weighted by atomic mass is 10.0. The van der Waals surface area contributed by atoms with Gasteiger partial charge in [-0.2, -0.15) is 4.98 Å². The molecule has 28 heavy (non-hydrogen) atoms. The van der Waals surface area contributed by atoms with Gasteiger partial charge in [-0.25, -0.2) is 0 Å². The molecule has 2 N–H and O–H groups in total. The number of benzene rings is 2. The molecule has 140 valence electrons. The third kappa shape index (κ3) is 2.95. The Kier molecular flexibility index (Phi) is 3.95. The lowest BCUT2D eigenvalue weighted by molar-refractivity contribution is 0.0299. The van der Waals surface area contributed by atoms with E-state index in [1.807, 2.05) is 36.4 Å². The van der Waals surface area contributed by atoms with E-state index in [0.717, 1.165) is 21.9 Å². The number of hydrogen-bond acceptors (Lipinski definition) is 6. The minimum Gasteiger partial charge on any atom is -0.424 e. The Morgan fingerprint density at radius 2 is 1.79 bits per heavy atom. The number of carbonyl (C=O) groups excluding carboxylic acids is 1. The first-order chi connectivity index (χ1) is 13.7. The van der Waals surface area contributed by atoms with Crippen molar-refractivity contribution in [2.75, 3.05) is 32.0 Å². The molecule has 3 heterocycles. The summed E-state index contributed by atoms with van der Waals surface area (Å²) in [5, 5.41) is 1.94. The van der Waals surface area contributed by atoms with E-state index >= 15 is 0 Å². The monoisotopic (exact) mass is 374 g/mol. The summed E-state index contributed by atoms with van der Waals surface area (Å²) in [6, 6.07) is 13.9. The van der Waals surface area contributed by atoms with Crippen molar-refractivity contribution in [3.05, 3.63) is 54.4 Å². The Hall–Kier alpha value is -3.45. The number of anilines is 1. The van der Waals surface area contributed by atoms with Gasteiger partial charge in [0.1, 0.15) is 11.2 Å². The van der Waals surface area contributed by atoms with Crippen molar-refractivity contribution in [1.82, 2.24) is 14.9 Å². The Labute approximate surface area is 160 Å². The van der Waals surface area contributed by atoms with Gasteiger partial charge in [0.15, 0.2) is 5.58 Å². The zero-order valence-electron chi connectivity index (χ0n) is 15.1. The first-order valence-corrected chi connectivity index (χ1v) is 9.11. The third-order valence-corrected chi connectivity index (χ3v) is 4.98. The number of nitrogens with two attached hydrogens (primary N) is 1. The van der Waals surface area contributed by atoms with Crippen molar-refractivity contribution in [3.63, 3.8) is 0 Å². The first-order valence-electron chi connectivity index (χ1n) is 9.11. The molecule has 1 aliphatic heterocycles. The van der Waals surface area contributed by atoms with Crippen LogP contribution in [0.1, 0.15) is 10.5 Å². The third-order valence-electron chi connectivity index (χ3n) is 4.98. The van der Waals surface area contributed by atoms with Gasteiger partial charge in [-0.1, -0.05) is 18.2 Å². The summed E-state index contributed by atoms with van der Waals surface area (Å²) in [6.45, 7) is 2.33. The van der Waals surface area contributed by atoms with Crippen LogP contribution >= 0.6 is 0 Å². The number of nitrogen functional groups attached to an aromatic ring is 1. The molecule has 0 saturated carbocycles. The highest BCUT2D eigenvalue weighted by Crippen LogP contribution is 2.28. The molecule has 7 nitrogen and oxygen atoms in total. The molecule has 0 bridgehead atoms. The van der Waals surface area contributed by atoms with Crippen LogP contribution < -0.4 is 5.73 Å². The smallest absolute Gasteiger partial charge is 0.292 e. The zero-order chi connectivity index (χ0) is 19.1. The molecule has 0 unspecified atom stereocenters. The fraction of sp³-hybridized carbons (Fsp3) is 0.190. The number of hydrogen-bond donors (Lipinski definition) is 1. The second kappa shape index (κ2) is 6.61. The molecular formula is C21H18N4O3. The number of fused-ring (bicyclic) bond motifs is 2. The van der Waals surface area contributed by atoms with Gasteiger partial charge in [0.2, 0.25) is 0 Å². The molecule has 0 atom stereocenters. The summed E-state index contributed by atoms with van der Waals surface area (Å²) in [6.07, 6.45) is 1.74. The lowest BCUT2D eigenvalue weighted by Gasteiger charge is -2.26. The summed E-state index contributed by atoms with van der Waals surface area (Å²) in [5.74, 6) is -0.0601. The normalized spacial score (nSPS) is 14.6. The van der Waals surface area contributed by atoms with Crippen LogP contribution in [0.15, 0.2) is 53.1 Å². The highest BCUT2D eigenvalue weighted by atomic mass is 16.5. The van der Waals surface area contributed by atoms with Gasteiger partial charge >= 0.3 is 0 Å². The molecule has 7 heteroatoms. The summed E-state index contributed by atoms with van der Waals surface area (Å²) < 4.78 is 10.7. The van der Waals surface area contributed by atoms with E-state index in [4.69, 9.17) is 14.9 Å². The summed E-state index contributed by atoms with van der Waals surface area (Å²) in [7, 11) is 0. The number of carbonyl (C=O) groups is 1. The quantitative estimate of drug-likeness (QED) is 0.579. The molecule has 2 aromatic heterocycles. The molecule has 2 aromatic carbocycles. The van der Waals surface area contributed by atoms with Gasteiger partial charge in [0, 0.05) is 24.7 Å². The Morgan fingerprint density at radius 3 is 2.64 bits per heavy atom. The van der Waals surface area contributed by atoms with Gasteiger partial charge in [0.05, 0.1) is 13.2 Å². The summed E-state index contributed by atoms with van der Waals surface area (Å²) >= 11 is 0. The van der Waals surface area contributed by atoms with Crippen molar-refractivity contribution in [3.8, 4) is 11.1 Å². The van der Waals surface area contributed by atoms with Crippen molar-refractivity contribution in [2.24, 2.45) is 0 Å². The predicted octanol–water partition coefficient (Wildman–Crippen LogP) is 3.10. The molecule has 1 amide bonds. The van der Waals surface area contributed by atoms with Crippen LogP contribution in [0.25, 0.3) is 33.0 Å². The van der Waals surface area contributed by atoms with Gasteiger partial charge < -0.3 is 19.8 Å². The van der Waals surface area contributed by atoms with Crippen LogP contribution in [0.2, 0.25) is 0 Å². The maximum Gasteiger partial charge on any atom is 0.292 e. The molecule has 5 rings (SSSR count). The molecule has 0 spiro atoms. The molecular weight excluding hydrogens is 356 g/mol. The Balaban J connectivity index is 1.52. The lowest BCUT2D eigenvalue weighted by Crippen LogP contribution is -2.41. The van der Waals surface area contributed by atoms with Gasteiger partial charge in [-0.3, -0.25) is 9.78 Å². The molecule has 0 aliphatic carbocycles. The van der Waals surface area contributed by atoms with Gasteiger partial charge in [0.25, 0.3) is 11.9 Å². The second-order valence-corrected chi connectivity index (χ2v) is 6.77. The Morgan fingerprint density at radius 1 is 1.00 bits per heavy atom. The average molecular weight is 374 g/mol. The van der Waals surface area contributed by atoms with Crippen LogP contribution in [0.3, 0.4) is 0 Å². The van der Waals surface area contributed by atoms with Gasteiger partial charge in [-0.15, -0.1) is 0 Å². The van der Waals surface area contributed by atoms with Crippen molar-refractivity contribution in [1.29, 1.82) is 0 Å². The summed E-state index contributed by atoms with van der Waals surface area (Å²) in [4.78, 5) is 23.1. The summed E-state index contributed by atoms with van der Waals surface area (Å²) in [5.41, 5.74) is 9.48. The van der Waals surface area contributed by atoms with E-state index in [1.165, 1.54) is 0 Å². The van der Waals surface area contributed by atoms with Crippen LogP contribution in [0.5, 0.6) is 0 Å². The number of pyridine rings is 1. The number of ether oxygens (including phenoxy) is 1. The number of amides is 1. The van der Waals surface area contributed by atoms with Crippen molar-refractivity contribution in [2.45, 2.75) is 0 Å². The second-order valence-electron chi connectivity index (χ2n) is 6.77. The van der Waals surface area contributed by atoms with E-state index in [1.54, 1.807) is 11.1 Å². The SMILES string of the molecule is Nc1nc2cc(-c3ccc4cnc(C(=O)N5CCOCC5)cc4c3)ccc2o1.